The average molecular weight is 355 g/mol. The molecule has 2 N–H and O–H groups in total. The van der Waals surface area contributed by atoms with Crippen LogP contribution in [-0.2, 0) is 0 Å². The number of aryl methyl sites for hydroxylation is 1. The van der Waals surface area contributed by atoms with Gasteiger partial charge in [-0.25, -0.2) is 14.8 Å². The number of carboxylic acids is 1. The molecule has 27 heavy (non-hydrogen) atoms. The predicted octanol–water partition coefficient (Wildman–Crippen LogP) is 5.05. The summed E-state index contributed by atoms with van der Waals surface area (Å²) in [4.78, 5) is 20.3. The fourth-order valence-corrected chi connectivity index (χ4v) is 2.94. The van der Waals surface area contributed by atoms with Crippen LogP contribution in [0.4, 0.5) is 11.6 Å². The van der Waals surface area contributed by atoms with E-state index in [1.54, 1.807) is 24.3 Å². The fraction of sp³-hybridized carbons (Fsp3) is 0.0455. The molecule has 0 radical (unpaired) electrons. The summed E-state index contributed by atoms with van der Waals surface area (Å²) in [6.45, 7) is 2.05. The Hall–Kier alpha value is -3.73. The maximum atomic E-state index is 11.0. The predicted molar refractivity (Wildman–Crippen MR) is 106 cm³/mol. The van der Waals surface area contributed by atoms with Crippen molar-refractivity contribution in [2.75, 3.05) is 5.32 Å². The molecule has 0 unspecified atom stereocenters. The van der Waals surface area contributed by atoms with Crippen molar-refractivity contribution in [3.63, 3.8) is 0 Å². The van der Waals surface area contributed by atoms with E-state index < -0.39 is 5.97 Å². The minimum atomic E-state index is -0.953. The highest BCUT2D eigenvalue weighted by atomic mass is 16.4. The number of carboxylic acid groups (broad SMARTS) is 1. The second kappa shape index (κ2) is 6.88. The molecule has 0 bridgehead atoms. The number of aromatic nitrogens is 2. The SMILES string of the molecule is Cc1ccc2nc(Nc3ccc(C(=O)O)cc3)nc(-c3ccccc3)c2c1. The van der Waals surface area contributed by atoms with Crippen molar-refractivity contribution in [3.8, 4) is 11.3 Å². The summed E-state index contributed by atoms with van der Waals surface area (Å²) in [6, 6.07) is 22.6. The van der Waals surface area contributed by atoms with Gasteiger partial charge in [0.15, 0.2) is 0 Å². The lowest BCUT2D eigenvalue weighted by atomic mass is 10.0. The Kier molecular flexibility index (Phi) is 4.26. The summed E-state index contributed by atoms with van der Waals surface area (Å²) >= 11 is 0. The van der Waals surface area contributed by atoms with Gasteiger partial charge >= 0.3 is 5.97 Å². The molecule has 5 heteroatoms. The molecule has 132 valence electrons. The standard InChI is InChI=1S/C22H17N3O2/c1-14-7-12-19-18(13-14)20(15-5-3-2-4-6-15)25-22(24-19)23-17-10-8-16(9-11-17)21(26)27/h2-13H,1H3,(H,26,27)(H,23,24,25). The largest absolute Gasteiger partial charge is 0.478 e. The monoisotopic (exact) mass is 355 g/mol. The van der Waals surface area contributed by atoms with Gasteiger partial charge in [0.05, 0.1) is 16.8 Å². The zero-order valence-electron chi connectivity index (χ0n) is 14.7. The topological polar surface area (TPSA) is 75.1 Å². The molecule has 1 aromatic heterocycles. The van der Waals surface area contributed by atoms with Crippen molar-refractivity contribution in [2.45, 2.75) is 6.92 Å². The molecule has 4 aromatic rings. The van der Waals surface area contributed by atoms with E-state index in [-0.39, 0.29) is 5.56 Å². The van der Waals surface area contributed by atoms with Gasteiger partial charge in [-0.05, 0) is 43.3 Å². The quantitative estimate of drug-likeness (QED) is 0.536. The van der Waals surface area contributed by atoms with Crippen molar-refractivity contribution in [1.29, 1.82) is 0 Å². The summed E-state index contributed by atoms with van der Waals surface area (Å²) in [5.74, 6) is -0.487. The van der Waals surface area contributed by atoms with E-state index in [0.717, 1.165) is 33.4 Å². The Morgan fingerprint density at radius 3 is 2.37 bits per heavy atom. The third kappa shape index (κ3) is 3.48. The average Bonchev–Trinajstić information content (AvgIpc) is 2.69. The first-order valence-electron chi connectivity index (χ1n) is 8.54. The maximum absolute atomic E-state index is 11.0. The smallest absolute Gasteiger partial charge is 0.335 e. The van der Waals surface area contributed by atoms with Gasteiger partial charge in [-0.15, -0.1) is 0 Å². The molecule has 0 aliphatic carbocycles. The molecule has 1 heterocycles. The highest BCUT2D eigenvalue weighted by molar-refractivity contribution is 5.94. The molecule has 0 aliphatic heterocycles. The van der Waals surface area contributed by atoms with Crippen LogP contribution in [0, 0.1) is 6.92 Å². The van der Waals surface area contributed by atoms with E-state index >= 15 is 0 Å². The van der Waals surface area contributed by atoms with E-state index in [1.165, 1.54) is 0 Å². The summed E-state index contributed by atoms with van der Waals surface area (Å²) in [5, 5.41) is 13.2. The van der Waals surface area contributed by atoms with Gasteiger partial charge in [0.1, 0.15) is 0 Å². The molecule has 0 aliphatic rings. The highest BCUT2D eigenvalue weighted by Gasteiger charge is 2.11. The van der Waals surface area contributed by atoms with Crippen LogP contribution in [0.5, 0.6) is 0 Å². The van der Waals surface area contributed by atoms with E-state index in [4.69, 9.17) is 10.1 Å². The molecule has 0 amide bonds. The van der Waals surface area contributed by atoms with E-state index in [0.29, 0.717) is 5.95 Å². The Morgan fingerprint density at radius 2 is 1.67 bits per heavy atom. The normalized spacial score (nSPS) is 10.7. The lowest BCUT2D eigenvalue weighted by molar-refractivity contribution is 0.0697. The van der Waals surface area contributed by atoms with Crippen molar-refractivity contribution >= 4 is 28.5 Å². The van der Waals surface area contributed by atoms with E-state index in [9.17, 15) is 4.79 Å². The van der Waals surface area contributed by atoms with Crippen LogP contribution in [-0.4, -0.2) is 21.0 Å². The van der Waals surface area contributed by atoms with Crippen LogP contribution in [0.2, 0.25) is 0 Å². The molecule has 5 nitrogen and oxygen atoms in total. The Bertz CT molecular complexity index is 1120. The van der Waals surface area contributed by atoms with Crippen LogP contribution in [0.3, 0.4) is 0 Å². The second-order valence-electron chi connectivity index (χ2n) is 6.29. The first-order valence-corrected chi connectivity index (χ1v) is 8.54. The number of fused-ring (bicyclic) bond motifs is 1. The maximum Gasteiger partial charge on any atom is 0.335 e. The van der Waals surface area contributed by atoms with E-state index in [2.05, 4.69) is 16.4 Å². The van der Waals surface area contributed by atoms with Gasteiger partial charge in [-0.2, -0.15) is 0 Å². The molecule has 0 atom stereocenters. The summed E-state index contributed by atoms with van der Waals surface area (Å²) in [5.41, 5.74) is 4.83. The molecule has 0 fully saturated rings. The van der Waals surface area contributed by atoms with Crippen molar-refractivity contribution < 1.29 is 9.90 Å². The molecular formula is C22H17N3O2. The lowest BCUT2D eigenvalue weighted by Crippen LogP contribution is -2.01. The van der Waals surface area contributed by atoms with Gasteiger partial charge in [-0.3, -0.25) is 0 Å². The Morgan fingerprint density at radius 1 is 0.926 bits per heavy atom. The van der Waals surface area contributed by atoms with Crippen LogP contribution in [0.15, 0.2) is 72.8 Å². The van der Waals surface area contributed by atoms with Gasteiger partial charge in [0.25, 0.3) is 0 Å². The number of nitrogens with one attached hydrogen (secondary N) is 1. The number of hydrogen-bond acceptors (Lipinski definition) is 4. The van der Waals surface area contributed by atoms with Gasteiger partial charge in [-0.1, -0.05) is 42.0 Å². The second-order valence-corrected chi connectivity index (χ2v) is 6.29. The van der Waals surface area contributed by atoms with Crippen LogP contribution in [0.25, 0.3) is 22.2 Å². The Labute approximate surface area is 156 Å². The number of anilines is 2. The lowest BCUT2D eigenvalue weighted by Gasteiger charge is -2.11. The molecular weight excluding hydrogens is 338 g/mol. The molecule has 0 spiro atoms. The fourth-order valence-electron chi connectivity index (χ4n) is 2.94. The first-order chi connectivity index (χ1) is 13.1. The minimum absolute atomic E-state index is 0.237. The first kappa shape index (κ1) is 16.7. The number of nitrogens with zero attached hydrogens (tertiary/aromatic N) is 2. The number of carbonyl (C=O) groups is 1. The molecule has 4 rings (SSSR count). The summed E-state index contributed by atoms with van der Waals surface area (Å²) < 4.78 is 0. The molecule has 0 saturated carbocycles. The van der Waals surface area contributed by atoms with Crippen molar-refractivity contribution in [3.05, 3.63) is 83.9 Å². The highest BCUT2D eigenvalue weighted by Crippen LogP contribution is 2.29. The van der Waals surface area contributed by atoms with Gasteiger partial charge in [0, 0.05) is 16.6 Å². The van der Waals surface area contributed by atoms with Gasteiger partial charge < -0.3 is 10.4 Å². The number of aromatic carboxylic acids is 1. The van der Waals surface area contributed by atoms with Crippen LogP contribution >= 0.6 is 0 Å². The Balaban J connectivity index is 1.79. The third-order valence-corrected chi connectivity index (χ3v) is 4.29. The zero-order chi connectivity index (χ0) is 18.8. The minimum Gasteiger partial charge on any atom is -0.478 e. The molecule has 3 aromatic carbocycles. The number of hydrogen-bond donors (Lipinski definition) is 2. The third-order valence-electron chi connectivity index (χ3n) is 4.29. The van der Waals surface area contributed by atoms with Gasteiger partial charge in [0.2, 0.25) is 5.95 Å². The number of benzene rings is 3. The van der Waals surface area contributed by atoms with Crippen LogP contribution < -0.4 is 5.32 Å². The van der Waals surface area contributed by atoms with Crippen molar-refractivity contribution in [2.24, 2.45) is 0 Å². The summed E-state index contributed by atoms with van der Waals surface area (Å²) in [6.07, 6.45) is 0. The molecule has 0 saturated heterocycles. The van der Waals surface area contributed by atoms with Crippen molar-refractivity contribution in [1.82, 2.24) is 9.97 Å². The zero-order valence-corrected chi connectivity index (χ0v) is 14.7. The number of rotatable bonds is 4. The summed E-state index contributed by atoms with van der Waals surface area (Å²) in [7, 11) is 0. The van der Waals surface area contributed by atoms with Crippen LogP contribution in [0.1, 0.15) is 15.9 Å². The van der Waals surface area contributed by atoms with E-state index in [1.807, 2.05) is 49.4 Å².